The average Bonchev–Trinajstić information content (AvgIpc) is 2.62. The van der Waals surface area contributed by atoms with E-state index in [9.17, 15) is 13.2 Å². The average molecular weight is 281 g/mol. The summed E-state index contributed by atoms with van der Waals surface area (Å²) in [6.07, 6.45) is -1.37. The minimum absolute atomic E-state index is 0.0906. The minimum atomic E-state index is -4.54. The van der Waals surface area contributed by atoms with E-state index in [1.165, 1.54) is 0 Å². The first-order valence-corrected chi connectivity index (χ1v) is 5.86. The van der Waals surface area contributed by atoms with Gasteiger partial charge in [0, 0.05) is 18.3 Å². The highest BCUT2D eigenvalue weighted by molar-refractivity contribution is 6.30. The lowest BCUT2D eigenvalue weighted by Gasteiger charge is -2.13. The molecule has 0 saturated heterocycles. The first kappa shape index (κ1) is 13.4. The van der Waals surface area contributed by atoms with Gasteiger partial charge in [-0.25, -0.2) is 9.97 Å². The van der Waals surface area contributed by atoms with Crippen molar-refractivity contribution in [1.82, 2.24) is 9.97 Å². The fourth-order valence-electron chi connectivity index (χ4n) is 1.95. The zero-order chi connectivity index (χ0) is 13.3. The molecule has 0 bridgehead atoms. The number of nitrogens with one attached hydrogen (secondary N) is 1. The standard InChI is InChI=1S/C10H12ClF3N4/c11-8-7(10(12,13)14)4-16-9(18-8)17-6-2-1-5(15)3-6/h4-6H,1-3,15H2,(H,16,17,18)/t5-,6-/m0/s1. The molecule has 1 aliphatic rings. The number of alkyl halides is 3. The fourth-order valence-corrected chi connectivity index (χ4v) is 2.19. The van der Waals surface area contributed by atoms with E-state index in [1.54, 1.807) is 0 Å². The van der Waals surface area contributed by atoms with E-state index < -0.39 is 16.9 Å². The zero-order valence-electron chi connectivity index (χ0n) is 9.34. The fraction of sp³-hybridized carbons (Fsp3) is 0.600. The Kier molecular flexibility index (Phi) is 3.63. The molecule has 8 heteroatoms. The smallest absolute Gasteiger partial charge is 0.351 e. The molecular weight excluding hydrogens is 269 g/mol. The van der Waals surface area contributed by atoms with E-state index >= 15 is 0 Å². The molecule has 1 aromatic heterocycles. The van der Waals surface area contributed by atoms with Gasteiger partial charge < -0.3 is 11.1 Å². The summed E-state index contributed by atoms with van der Waals surface area (Å²) in [6, 6.07) is 0.209. The summed E-state index contributed by atoms with van der Waals surface area (Å²) in [7, 11) is 0. The number of anilines is 1. The van der Waals surface area contributed by atoms with Gasteiger partial charge in [-0.1, -0.05) is 11.6 Å². The van der Waals surface area contributed by atoms with Crippen LogP contribution >= 0.6 is 11.6 Å². The molecule has 2 atom stereocenters. The van der Waals surface area contributed by atoms with Crippen molar-refractivity contribution in [1.29, 1.82) is 0 Å². The molecule has 0 radical (unpaired) electrons. The summed E-state index contributed by atoms with van der Waals surface area (Å²) in [5.74, 6) is 0.104. The van der Waals surface area contributed by atoms with E-state index in [1.807, 2.05) is 0 Å². The highest BCUT2D eigenvalue weighted by Gasteiger charge is 2.34. The van der Waals surface area contributed by atoms with Gasteiger partial charge in [0.1, 0.15) is 10.7 Å². The van der Waals surface area contributed by atoms with Crippen molar-refractivity contribution in [3.8, 4) is 0 Å². The van der Waals surface area contributed by atoms with E-state index in [4.69, 9.17) is 17.3 Å². The van der Waals surface area contributed by atoms with Crippen LogP contribution in [0.1, 0.15) is 24.8 Å². The molecule has 0 aromatic carbocycles. The van der Waals surface area contributed by atoms with Crippen LogP contribution in [0.2, 0.25) is 5.15 Å². The molecule has 1 aromatic rings. The Hall–Kier alpha value is -1.08. The molecular formula is C10H12ClF3N4. The maximum atomic E-state index is 12.4. The van der Waals surface area contributed by atoms with Crippen molar-refractivity contribution < 1.29 is 13.2 Å². The van der Waals surface area contributed by atoms with Crippen LogP contribution in [-0.4, -0.2) is 22.1 Å². The molecule has 1 saturated carbocycles. The van der Waals surface area contributed by atoms with E-state index in [0.717, 1.165) is 19.3 Å². The molecule has 0 spiro atoms. The van der Waals surface area contributed by atoms with Crippen LogP contribution in [0, 0.1) is 0 Å². The number of aromatic nitrogens is 2. The molecule has 18 heavy (non-hydrogen) atoms. The lowest BCUT2D eigenvalue weighted by Crippen LogP contribution is -2.22. The molecule has 1 heterocycles. The Labute approximate surface area is 107 Å². The number of hydrogen-bond donors (Lipinski definition) is 2. The number of halogens is 4. The number of nitrogens with zero attached hydrogens (tertiary/aromatic N) is 2. The van der Waals surface area contributed by atoms with Gasteiger partial charge in [-0.2, -0.15) is 13.2 Å². The number of rotatable bonds is 2. The summed E-state index contributed by atoms with van der Waals surface area (Å²) in [4.78, 5) is 7.24. The van der Waals surface area contributed by atoms with Crippen molar-refractivity contribution in [3.63, 3.8) is 0 Å². The molecule has 0 aliphatic heterocycles. The quantitative estimate of drug-likeness (QED) is 0.817. The van der Waals surface area contributed by atoms with Crippen molar-refractivity contribution in [2.75, 3.05) is 5.32 Å². The lowest BCUT2D eigenvalue weighted by atomic mass is 10.2. The predicted octanol–water partition coefficient (Wildman–Crippen LogP) is 2.44. The highest BCUT2D eigenvalue weighted by atomic mass is 35.5. The minimum Gasteiger partial charge on any atom is -0.351 e. The Morgan fingerprint density at radius 2 is 2.11 bits per heavy atom. The van der Waals surface area contributed by atoms with Gasteiger partial charge in [0.2, 0.25) is 5.95 Å². The van der Waals surface area contributed by atoms with Crippen molar-refractivity contribution in [3.05, 3.63) is 16.9 Å². The molecule has 2 rings (SSSR count). The van der Waals surface area contributed by atoms with Gasteiger partial charge in [0.15, 0.2) is 0 Å². The molecule has 0 unspecified atom stereocenters. The molecule has 4 nitrogen and oxygen atoms in total. The second-order valence-corrected chi connectivity index (χ2v) is 4.67. The Morgan fingerprint density at radius 3 is 2.61 bits per heavy atom. The maximum absolute atomic E-state index is 12.4. The van der Waals surface area contributed by atoms with Crippen LogP contribution in [0.25, 0.3) is 0 Å². The number of hydrogen-bond acceptors (Lipinski definition) is 4. The maximum Gasteiger partial charge on any atom is 0.420 e. The highest BCUT2D eigenvalue weighted by Crippen LogP contribution is 2.33. The van der Waals surface area contributed by atoms with Crippen LogP contribution in [0.4, 0.5) is 19.1 Å². The van der Waals surface area contributed by atoms with Crippen molar-refractivity contribution >= 4 is 17.5 Å². The van der Waals surface area contributed by atoms with Crippen LogP contribution < -0.4 is 11.1 Å². The van der Waals surface area contributed by atoms with Gasteiger partial charge in [-0.3, -0.25) is 0 Å². The van der Waals surface area contributed by atoms with E-state index in [0.29, 0.717) is 6.20 Å². The Balaban J connectivity index is 2.09. The van der Waals surface area contributed by atoms with E-state index in [2.05, 4.69) is 15.3 Å². The van der Waals surface area contributed by atoms with Crippen LogP contribution in [-0.2, 0) is 6.18 Å². The lowest BCUT2D eigenvalue weighted by molar-refractivity contribution is -0.137. The van der Waals surface area contributed by atoms with Gasteiger partial charge in [-0.15, -0.1) is 0 Å². The summed E-state index contributed by atoms with van der Waals surface area (Å²) < 4.78 is 37.3. The largest absolute Gasteiger partial charge is 0.420 e. The third-order valence-electron chi connectivity index (χ3n) is 2.85. The normalized spacial score (nSPS) is 24.3. The first-order valence-electron chi connectivity index (χ1n) is 5.48. The van der Waals surface area contributed by atoms with Gasteiger partial charge in [-0.05, 0) is 19.3 Å². The van der Waals surface area contributed by atoms with Gasteiger partial charge in [0.25, 0.3) is 0 Å². The Bertz CT molecular complexity index is 438. The second-order valence-electron chi connectivity index (χ2n) is 4.31. The third-order valence-corrected chi connectivity index (χ3v) is 3.14. The summed E-state index contributed by atoms with van der Waals surface area (Å²) >= 11 is 5.49. The molecule has 0 amide bonds. The second kappa shape index (κ2) is 4.89. The number of nitrogens with two attached hydrogens (primary N) is 1. The Morgan fingerprint density at radius 1 is 1.39 bits per heavy atom. The van der Waals surface area contributed by atoms with Crippen LogP contribution in [0.5, 0.6) is 0 Å². The monoisotopic (exact) mass is 280 g/mol. The van der Waals surface area contributed by atoms with Crippen LogP contribution in [0.3, 0.4) is 0 Å². The molecule has 1 aliphatic carbocycles. The van der Waals surface area contributed by atoms with Crippen molar-refractivity contribution in [2.45, 2.75) is 37.5 Å². The first-order chi connectivity index (χ1) is 8.36. The summed E-state index contributed by atoms with van der Waals surface area (Å²) in [5.41, 5.74) is 4.70. The van der Waals surface area contributed by atoms with Gasteiger partial charge in [0.05, 0.1) is 0 Å². The molecule has 1 fully saturated rings. The van der Waals surface area contributed by atoms with Crippen molar-refractivity contribution in [2.24, 2.45) is 5.73 Å². The van der Waals surface area contributed by atoms with E-state index in [-0.39, 0.29) is 18.0 Å². The SMILES string of the molecule is N[C@H]1CC[C@H](Nc2ncc(C(F)(F)F)c(Cl)n2)C1. The van der Waals surface area contributed by atoms with Gasteiger partial charge >= 0.3 is 6.18 Å². The third kappa shape index (κ3) is 3.02. The predicted molar refractivity (Wildman–Crippen MR) is 61.3 cm³/mol. The van der Waals surface area contributed by atoms with Crippen LogP contribution in [0.15, 0.2) is 6.20 Å². The zero-order valence-corrected chi connectivity index (χ0v) is 10.1. The molecule has 3 N–H and O–H groups in total. The molecule has 100 valence electrons. The topological polar surface area (TPSA) is 63.8 Å². The summed E-state index contributed by atoms with van der Waals surface area (Å²) in [6.45, 7) is 0. The summed E-state index contributed by atoms with van der Waals surface area (Å²) in [5, 5.41) is 2.34.